The molecule has 2 N–H and O–H groups in total. The third-order valence-electron chi connectivity index (χ3n) is 5.46. The second-order valence-corrected chi connectivity index (χ2v) is 10.2. The lowest BCUT2D eigenvalue weighted by atomic mass is 9.73. The number of benzene rings is 1. The maximum Gasteiger partial charge on any atom is 0.407 e. The smallest absolute Gasteiger partial charge is 0.407 e. The van der Waals surface area contributed by atoms with Gasteiger partial charge in [0.05, 0.1) is 6.04 Å². The topological polar surface area (TPSA) is 75.6 Å². The highest BCUT2D eigenvalue weighted by molar-refractivity contribution is 7.90. The van der Waals surface area contributed by atoms with E-state index in [1.165, 1.54) is 11.0 Å². The zero-order valence-electron chi connectivity index (χ0n) is 15.1. The van der Waals surface area contributed by atoms with E-state index < -0.39 is 45.3 Å². The first kappa shape index (κ1) is 19.4. The Balaban J connectivity index is 1.96. The third-order valence-corrected chi connectivity index (χ3v) is 7.02. The first-order valence-corrected chi connectivity index (χ1v) is 9.82. The van der Waals surface area contributed by atoms with Crippen molar-refractivity contribution in [2.75, 3.05) is 13.1 Å². The summed E-state index contributed by atoms with van der Waals surface area (Å²) in [5, 5.41) is 9.19. The van der Waals surface area contributed by atoms with Crippen LogP contribution in [0.15, 0.2) is 12.1 Å². The van der Waals surface area contributed by atoms with Crippen molar-refractivity contribution >= 4 is 17.5 Å². The molecule has 1 spiro atoms. The molecule has 0 bridgehead atoms. The summed E-state index contributed by atoms with van der Waals surface area (Å²) < 4.78 is 43.5. The summed E-state index contributed by atoms with van der Waals surface area (Å²) in [4.78, 5) is 12.6. The standard InChI is InChI=1S/C18H24F2N2O3S/c1-17(2,3)26(25)21-15-12-8-11(19)9-14(20)13(12)10-18(15)4-6-22(7-5-18)16(23)24/h8-9,15,21H,4-7,10H2,1-3H3,(H,23,24)/t15-,26-/m1/s1. The van der Waals surface area contributed by atoms with Crippen LogP contribution in [0.25, 0.3) is 0 Å². The zero-order valence-corrected chi connectivity index (χ0v) is 16.0. The van der Waals surface area contributed by atoms with Gasteiger partial charge in [0.2, 0.25) is 0 Å². The molecule has 1 saturated heterocycles. The molecule has 3 rings (SSSR count). The average Bonchev–Trinajstić information content (AvgIpc) is 2.81. The number of hydrogen-bond donors (Lipinski definition) is 2. The van der Waals surface area contributed by atoms with E-state index in [4.69, 9.17) is 0 Å². The van der Waals surface area contributed by atoms with E-state index in [1.54, 1.807) is 0 Å². The Kier molecular flexibility index (Phi) is 4.96. The van der Waals surface area contributed by atoms with Gasteiger partial charge in [0.15, 0.2) is 0 Å². The summed E-state index contributed by atoms with van der Waals surface area (Å²) in [7, 11) is 0. The van der Waals surface area contributed by atoms with Crippen LogP contribution in [0.1, 0.15) is 50.8 Å². The van der Waals surface area contributed by atoms with Gasteiger partial charge in [0, 0.05) is 35.9 Å². The van der Waals surface area contributed by atoms with Crippen LogP contribution in [0.3, 0.4) is 0 Å². The van der Waals surface area contributed by atoms with Gasteiger partial charge in [-0.2, -0.15) is 0 Å². The number of amides is 1. The van der Waals surface area contributed by atoms with Gasteiger partial charge in [-0.15, -0.1) is 4.72 Å². The lowest BCUT2D eigenvalue weighted by Crippen LogP contribution is -2.50. The molecule has 1 heterocycles. The predicted octanol–water partition coefficient (Wildman–Crippen LogP) is 3.37. The summed E-state index contributed by atoms with van der Waals surface area (Å²) in [6.07, 6.45) is 0.429. The van der Waals surface area contributed by atoms with E-state index in [2.05, 4.69) is 4.72 Å². The summed E-state index contributed by atoms with van der Waals surface area (Å²) in [6.45, 7) is 6.15. The monoisotopic (exact) mass is 386 g/mol. The van der Waals surface area contributed by atoms with Gasteiger partial charge < -0.3 is 14.6 Å². The molecular formula is C18H24F2N2O3S. The minimum absolute atomic E-state index is 0.327. The number of fused-ring (bicyclic) bond motifs is 1. The molecule has 8 heteroatoms. The molecule has 2 atom stereocenters. The maximum atomic E-state index is 14.4. The Morgan fingerprint density at radius 1 is 1.35 bits per heavy atom. The van der Waals surface area contributed by atoms with Crippen molar-refractivity contribution in [1.82, 2.24) is 9.62 Å². The minimum Gasteiger partial charge on any atom is -0.598 e. The maximum absolute atomic E-state index is 14.4. The molecular weight excluding hydrogens is 362 g/mol. The van der Waals surface area contributed by atoms with Crippen molar-refractivity contribution in [2.24, 2.45) is 5.41 Å². The van der Waals surface area contributed by atoms with Gasteiger partial charge in [0.1, 0.15) is 16.4 Å². The first-order valence-electron chi connectivity index (χ1n) is 8.67. The van der Waals surface area contributed by atoms with E-state index in [0.717, 1.165) is 6.07 Å². The number of nitrogens with zero attached hydrogens (tertiary/aromatic N) is 1. The fourth-order valence-corrected chi connectivity index (χ4v) is 4.88. The van der Waals surface area contributed by atoms with Crippen LogP contribution in [0.2, 0.25) is 0 Å². The van der Waals surface area contributed by atoms with Crippen molar-refractivity contribution < 1.29 is 23.2 Å². The second kappa shape index (κ2) is 6.65. The number of halogens is 2. The van der Waals surface area contributed by atoms with Gasteiger partial charge in [-0.3, -0.25) is 0 Å². The van der Waals surface area contributed by atoms with Crippen LogP contribution >= 0.6 is 0 Å². The summed E-state index contributed by atoms with van der Waals surface area (Å²) in [5.74, 6) is -1.25. The molecule has 1 aromatic carbocycles. The summed E-state index contributed by atoms with van der Waals surface area (Å²) in [5.41, 5.74) is 0.478. The zero-order chi connectivity index (χ0) is 19.3. The second-order valence-electron chi connectivity index (χ2n) is 8.20. The van der Waals surface area contributed by atoms with Gasteiger partial charge in [-0.05, 0) is 57.2 Å². The molecule has 2 aliphatic rings. The Bertz CT molecular complexity index is 715. The minimum atomic E-state index is -1.42. The summed E-state index contributed by atoms with van der Waals surface area (Å²) >= 11 is -1.42. The summed E-state index contributed by atoms with van der Waals surface area (Å²) in [6, 6.07) is 1.72. The van der Waals surface area contributed by atoms with Gasteiger partial charge in [-0.1, -0.05) is 0 Å². The predicted molar refractivity (Wildman–Crippen MR) is 95.1 cm³/mol. The molecule has 0 radical (unpaired) electrons. The SMILES string of the molecule is CC(C)(C)[S@@+]([O-])N[C@@H]1c2cc(F)cc(F)c2CC12CCN(C(=O)O)CC2. The van der Waals surface area contributed by atoms with Crippen molar-refractivity contribution in [1.29, 1.82) is 0 Å². The Morgan fingerprint density at radius 3 is 2.50 bits per heavy atom. The van der Waals surface area contributed by atoms with Crippen LogP contribution in [0, 0.1) is 17.0 Å². The fourth-order valence-electron chi connectivity index (χ4n) is 3.93. The van der Waals surface area contributed by atoms with E-state index in [9.17, 15) is 23.2 Å². The van der Waals surface area contributed by atoms with Crippen LogP contribution in [0.5, 0.6) is 0 Å². The molecule has 144 valence electrons. The van der Waals surface area contributed by atoms with Crippen LogP contribution in [-0.2, 0) is 17.8 Å². The normalized spacial score (nSPS) is 23.2. The van der Waals surface area contributed by atoms with Gasteiger partial charge >= 0.3 is 6.09 Å². The van der Waals surface area contributed by atoms with Gasteiger partial charge in [0.25, 0.3) is 0 Å². The molecule has 1 aromatic rings. The highest BCUT2D eigenvalue weighted by Crippen LogP contribution is 2.53. The highest BCUT2D eigenvalue weighted by Gasteiger charge is 2.51. The number of carbonyl (C=O) groups is 1. The number of nitrogens with one attached hydrogen (secondary N) is 1. The molecule has 0 unspecified atom stereocenters. The molecule has 1 amide bonds. The van der Waals surface area contributed by atoms with Crippen LogP contribution in [-0.4, -0.2) is 38.5 Å². The molecule has 1 aliphatic carbocycles. The molecule has 26 heavy (non-hydrogen) atoms. The van der Waals surface area contributed by atoms with Crippen LogP contribution in [0.4, 0.5) is 13.6 Å². The van der Waals surface area contributed by atoms with E-state index in [-0.39, 0.29) is 0 Å². The van der Waals surface area contributed by atoms with Crippen molar-refractivity contribution in [2.45, 2.75) is 50.8 Å². The van der Waals surface area contributed by atoms with Gasteiger partial charge in [-0.25, -0.2) is 13.6 Å². The lowest BCUT2D eigenvalue weighted by Gasteiger charge is -2.43. The van der Waals surface area contributed by atoms with E-state index in [1.807, 2.05) is 20.8 Å². The molecule has 0 aromatic heterocycles. The van der Waals surface area contributed by atoms with Crippen molar-refractivity contribution in [3.05, 3.63) is 34.9 Å². The molecule has 5 nitrogen and oxygen atoms in total. The van der Waals surface area contributed by atoms with E-state index >= 15 is 0 Å². The Morgan fingerprint density at radius 2 is 1.96 bits per heavy atom. The first-order chi connectivity index (χ1) is 12.0. The quantitative estimate of drug-likeness (QED) is 0.764. The fraction of sp³-hybridized carbons (Fsp3) is 0.611. The number of piperidine rings is 1. The number of likely N-dealkylation sites (tertiary alicyclic amines) is 1. The molecule has 1 fully saturated rings. The third kappa shape index (κ3) is 3.42. The lowest BCUT2D eigenvalue weighted by molar-refractivity contribution is 0.0762. The average molecular weight is 386 g/mol. The van der Waals surface area contributed by atoms with E-state index in [0.29, 0.717) is 43.5 Å². The highest BCUT2D eigenvalue weighted by atomic mass is 32.2. The number of rotatable bonds is 2. The molecule has 1 aliphatic heterocycles. The number of carboxylic acid groups (broad SMARTS) is 1. The largest absolute Gasteiger partial charge is 0.598 e. The number of hydrogen-bond acceptors (Lipinski definition) is 3. The Labute approximate surface area is 155 Å². The van der Waals surface area contributed by atoms with Crippen molar-refractivity contribution in [3.63, 3.8) is 0 Å². The molecule has 0 saturated carbocycles. The Hall–Kier alpha value is -1.38. The van der Waals surface area contributed by atoms with Crippen molar-refractivity contribution in [3.8, 4) is 0 Å². The van der Waals surface area contributed by atoms with Crippen LogP contribution < -0.4 is 4.72 Å².